The number of piperidine rings is 1. The van der Waals surface area contributed by atoms with Crippen molar-refractivity contribution in [2.24, 2.45) is 5.92 Å². The monoisotopic (exact) mass is 282 g/mol. The molecule has 2 rings (SSSR count). The number of thiazole rings is 1. The van der Waals surface area contributed by atoms with Gasteiger partial charge in [-0.15, -0.1) is 11.3 Å². The van der Waals surface area contributed by atoms with E-state index in [2.05, 4.69) is 16.8 Å². The Kier molecular flexibility index (Phi) is 5.34. The van der Waals surface area contributed by atoms with E-state index in [-0.39, 0.29) is 11.9 Å². The lowest BCUT2D eigenvalue weighted by Gasteiger charge is -2.31. The minimum absolute atomic E-state index is 0.0267. The molecule has 19 heavy (non-hydrogen) atoms. The van der Waals surface area contributed by atoms with Crippen LogP contribution in [0.1, 0.15) is 30.3 Å². The quantitative estimate of drug-likeness (QED) is 0.777. The van der Waals surface area contributed by atoms with Crippen LogP contribution in [0.25, 0.3) is 0 Å². The number of aryl methyl sites for hydroxylation is 1. The van der Waals surface area contributed by atoms with Gasteiger partial charge in [0, 0.05) is 18.0 Å². The maximum Gasteiger partial charge on any atom is 0.310 e. The molecule has 1 fully saturated rings. The van der Waals surface area contributed by atoms with Crippen LogP contribution in [-0.2, 0) is 16.0 Å². The zero-order chi connectivity index (χ0) is 13.7. The van der Waals surface area contributed by atoms with Gasteiger partial charge in [0.25, 0.3) is 0 Å². The van der Waals surface area contributed by atoms with E-state index in [4.69, 9.17) is 4.74 Å². The number of carbonyl (C=O) groups excluding carboxylic acids is 1. The average molecular weight is 282 g/mol. The van der Waals surface area contributed by atoms with Crippen molar-refractivity contribution in [1.82, 2.24) is 9.88 Å². The van der Waals surface area contributed by atoms with E-state index < -0.39 is 0 Å². The summed E-state index contributed by atoms with van der Waals surface area (Å²) in [7, 11) is 0. The maximum atomic E-state index is 11.8. The van der Waals surface area contributed by atoms with Crippen LogP contribution in [0, 0.1) is 12.8 Å². The molecule has 106 valence electrons. The van der Waals surface area contributed by atoms with Crippen molar-refractivity contribution in [2.75, 3.05) is 26.2 Å². The molecule has 0 radical (unpaired) electrons. The molecule has 4 nitrogen and oxygen atoms in total. The van der Waals surface area contributed by atoms with Crippen LogP contribution < -0.4 is 0 Å². The second-order valence-corrected chi connectivity index (χ2v) is 5.94. The Labute approximate surface area is 118 Å². The molecule has 1 saturated heterocycles. The van der Waals surface area contributed by atoms with Gasteiger partial charge in [-0.05, 0) is 39.7 Å². The molecular weight excluding hydrogens is 260 g/mol. The molecule has 0 aromatic carbocycles. The summed E-state index contributed by atoms with van der Waals surface area (Å²) in [5.41, 5.74) is 3.05. The molecule has 0 unspecified atom stereocenters. The standard InChI is InChI=1S/C14H22N2O2S/c1-3-18-14(17)12-5-4-7-16(9-12)8-6-13-11(2)15-10-19-13/h10,12H,3-9H2,1-2H3/t12-/m0/s1. The summed E-state index contributed by atoms with van der Waals surface area (Å²) < 4.78 is 5.13. The van der Waals surface area contributed by atoms with E-state index >= 15 is 0 Å². The topological polar surface area (TPSA) is 42.4 Å². The molecule has 1 aliphatic rings. The van der Waals surface area contributed by atoms with Gasteiger partial charge in [0.1, 0.15) is 0 Å². The molecule has 0 N–H and O–H groups in total. The molecule has 0 amide bonds. The number of hydrogen-bond donors (Lipinski definition) is 0. The fourth-order valence-electron chi connectivity index (χ4n) is 2.54. The van der Waals surface area contributed by atoms with E-state index in [1.807, 2.05) is 12.4 Å². The van der Waals surface area contributed by atoms with Crippen molar-refractivity contribution in [3.63, 3.8) is 0 Å². The summed E-state index contributed by atoms with van der Waals surface area (Å²) in [4.78, 5) is 19.8. The van der Waals surface area contributed by atoms with Crippen molar-refractivity contribution in [2.45, 2.75) is 33.1 Å². The normalized spacial score (nSPS) is 20.4. The zero-order valence-electron chi connectivity index (χ0n) is 11.7. The first-order valence-electron chi connectivity index (χ1n) is 6.98. The van der Waals surface area contributed by atoms with Crippen LogP contribution >= 0.6 is 11.3 Å². The summed E-state index contributed by atoms with van der Waals surface area (Å²) in [5.74, 6) is 0.0393. The lowest BCUT2D eigenvalue weighted by molar-refractivity contribution is -0.149. The van der Waals surface area contributed by atoms with Crippen molar-refractivity contribution in [1.29, 1.82) is 0 Å². The predicted molar refractivity (Wildman–Crippen MR) is 76.4 cm³/mol. The lowest BCUT2D eigenvalue weighted by Crippen LogP contribution is -2.40. The van der Waals surface area contributed by atoms with Crippen LogP contribution in [0.3, 0.4) is 0 Å². The third-order valence-electron chi connectivity index (χ3n) is 3.63. The Balaban J connectivity index is 1.81. The molecule has 0 spiro atoms. The fourth-order valence-corrected chi connectivity index (χ4v) is 3.31. The molecule has 2 heterocycles. The molecule has 5 heteroatoms. The first kappa shape index (κ1) is 14.5. The molecule has 0 aliphatic carbocycles. The van der Waals surface area contributed by atoms with Crippen molar-refractivity contribution < 1.29 is 9.53 Å². The van der Waals surface area contributed by atoms with Gasteiger partial charge in [0.05, 0.1) is 23.7 Å². The third-order valence-corrected chi connectivity index (χ3v) is 4.62. The number of rotatable bonds is 5. The van der Waals surface area contributed by atoms with Gasteiger partial charge in [0.15, 0.2) is 0 Å². The minimum Gasteiger partial charge on any atom is -0.466 e. The van der Waals surface area contributed by atoms with Crippen molar-refractivity contribution in [3.8, 4) is 0 Å². The largest absolute Gasteiger partial charge is 0.466 e. The molecule has 0 saturated carbocycles. The first-order valence-corrected chi connectivity index (χ1v) is 7.86. The number of likely N-dealkylation sites (tertiary alicyclic amines) is 1. The second kappa shape index (κ2) is 7.01. The van der Waals surface area contributed by atoms with Gasteiger partial charge in [-0.1, -0.05) is 0 Å². The van der Waals surface area contributed by atoms with Gasteiger partial charge in [-0.25, -0.2) is 4.98 Å². The Morgan fingerprint density at radius 2 is 2.47 bits per heavy atom. The lowest BCUT2D eigenvalue weighted by atomic mass is 9.98. The SMILES string of the molecule is CCOC(=O)[C@H]1CCCN(CCc2scnc2C)C1. The average Bonchev–Trinajstić information content (AvgIpc) is 2.82. The van der Waals surface area contributed by atoms with Gasteiger partial charge in [-0.2, -0.15) is 0 Å². The van der Waals surface area contributed by atoms with Gasteiger partial charge >= 0.3 is 5.97 Å². The van der Waals surface area contributed by atoms with Crippen LogP contribution in [0.4, 0.5) is 0 Å². The molecule has 1 aromatic heterocycles. The van der Waals surface area contributed by atoms with Gasteiger partial charge < -0.3 is 9.64 Å². The number of hydrogen-bond acceptors (Lipinski definition) is 5. The Bertz CT molecular complexity index is 419. The molecule has 1 aromatic rings. The van der Waals surface area contributed by atoms with Crippen LogP contribution in [0.2, 0.25) is 0 Å². The van der Waals surface area contributed by atoms with Crippen LogP contribution in [-0.4, -0.2) is 42.1 Å². The van der Waals surface area contributed by atoms with Crippen LogP contribution in [0.15, 0.2) is 5.51 Å². The Morgan fingerprint density at radius 3 is 3.16 bits per heavy atom. The van der Waals surface area contributed by atoms with Gasteiger partial charge in [0.2, 0.25) is 0 Å². The number of ether oxygens (including phenoxy) is 1. The Morgan fingerprint density at radius 1 is 1.63 bits per heavy atom. The van der Waals surface area contributed by atoms with E-state index in [0.717, 1.165) is 44.6 Å². The predicted octanol–water partition coefficient (Wildman–Crippen LogP) is 2.27. The first-order chi connectivity index (χ1) is 9.20. The summed E-state index contributed by atoms with van der Waals surface area (Å²) in [5, 5.41) is 0. The highest BCUT2D eigenvalue weighted by Gasteiger charge is 2.26. The third kappa shape index (κ3) is 4.01. The van der Waals surface area contributed by atoms with E-state index in [0.29, 0.717) is 6.61 Å². The highest BCUT2D eigenvalue weighted by atomic mass is 32.1. The number of nitrogens with zero attached hydrogens (tertiary/aromatic N) is 2. The number of esters is 1. The summed E-state index contributed by atoms with van der Waals surface area (Å²) in [6.07, 6.45) is 3.09. The second-order valence-electron chi connectivity index (χ2n) is 5.00. The highest BCUT2D eigenvalue weighted by Crippen LogP contribution is 2.19. The summed E-state index contributed by atoms with van der Waals surface area (Å²) in [6.45, 7) is 7.35. The van der Waals surface area contributed by atoms with E-state index in [9.17, 15) is 4.79 Å². The minimum atomic E-state index is -0.0267. The molecule has 1 aliphatic heterocycles. The summed E-state index contributed by atoms with van der Waals surface area (Å²) in [6, 6.07) is 0. The number of aromatic nitrogens is 1. The van der Waals surface area contributed by atoms with E-state index in [1.54, 1.807) is 11.3 Å². The molecule has 0 bridgehead atoms. The number of carbonyl (C=O) groups is 1. The smallest absolute Gasteiger partial charge is 0.310 e. The fraction of sp³-hybridized carbons (Fsp3) is 0.714. The molecular formula is C14H22N2O2S. The maximum absolute atomic E-state index is 11.8. The van der Waals surface area contributed by atoms with Crippen LogP contribution in [0.5, 0.6) is 0 Å². The van der Waals surface area contributed by atoms with E-state index in [1.165, 1.54) is 4.88 Å². The zero-order valence-corrected chi connectivity index (χ0v) is 12.5. The van der Waals surface area contributed by atoms with Crippen molar-refractivity contribution in [3.05, 3.63) is 16.1 Å². The Hall–Kier alpha value is -0.940. The highest BCUT2D eigenvalue weighted by molar-refractivity contribution is 7.09. The van der Waals surface area contributed by atoms with Gasteiger partial charge in [-0.3, -0.25) is 4.79 Å². The molecule has 1 atom stereocenters. The summed E-state index contributed by atoms with van der Waals surface area (Å²) >= 11 is 1.72. The van der Waals surface area contributed by atoms with Crippen molar-refractivity contribution >= 4 is 17.3 Å².